The molecule has 0 radical (unpaired) electrons. The van der Waals surface area contributed by atoms with Crippen molar-refractivity contribution in [3.05, 3.63) is 89.5 Å². The molecule has 0 unspecified atom stereocenters. The Kier molecular flexibility index (Phi) is 5.99. The Balaban J connectivity index is 1.72. The van der Waals surface area contributed by atoms with Crippen molar-refractivity contribution in [2.75, 3.05) is 18.6 Å². The van der Waals surface area contributed by atoms with Crippen LogP contribution in [0.25, 0.3) is 11.0 Å². The summed E-state index contributed by atoms with van der Waals surface area (Å²) >= 11 is 0. The second-order valence-corrected chi connectivity index (χ2v) is 8.63. The lowest BCUT2D eigenvalue weighted by molar-refractivity contribution is -0.153. The van der Waals surface area contributed by atoms with E-state index in [-0.39, 0.29) is 12.5 Å². The summed E-state index contributed by atoms with van der Waals surface area (Å²) in [6.45, 7) is 4.25. The van der Waals surface area contributed by atoms with Crippen LogP contribution in [-0.4, -0.2) is 35.1 Å². The summed E-state index contributed by atoms with van der Waals surface area (Å²) in [6.07, 6.45) is 0. The largest absolute Gasteiger partial charge is 0.497 e. The standard InChI is InChI=1S/C28H27N3O4/c1-4-35-27(33)24-25(20-13-15-21(34-3)16-14-20)31-23-8-6-5-7-22(23)29-28(31)30(26(24)32)17-19-11-9-18(2)10-12-19/h5-16,24-25H,4,17H2,1-3H3/t24-,25-/m1/s1. The van der Waals surface area contributed by atoms with E-state index in [1.165, 1.54) is 0 Å². The number of carbonyl (C=O) groups excluding carboxylic acids is 2. The summed E-state index contributed by atoms with van der Waals surface area (Å²) in [4.78, 5) is 33.7. The van der Waals surface area contributed by atoms with Gasteiger partial charge in [0.05, 0.1) is 37.3 Å². The first-order chi connectivity index (χ1) is 17.0. The molecule has 1 aliphatic rings. The number of imidazole rings is 1. The van der Waals surface area contributed by atoms with Gasteiger partial charge in [0, 0.05) is 0 Å². The van der Waals surface area contributed by atoms with Crippen molar-refractivity contribution < 1.29 is 19.1 Å². The molecule has 178 valence electrons. The van der Waals surface area contributed by atoms with Gasteiger partial charge in [-0.1, -0.05) is 54.1 Å². The average molecular weight is 470 g/mol. The highest BCUT2D eigenvalue weighted by molar-refractivity contribution is 6.08. The van der Waals surface area contributed by atoms with Crippen LogP contribution in [0.15, 0.2) is 72.8 Å². The lowest BCUT2D eigenvalue weighted by Crippen LogP contribution is -2.49. The number of para-hydroxylation sites is 2. The third kappa shape index (κ3) is 4.03. The second kappa shape index (κ2) is 9.25. The zero-order valence-corrected chi connectivity index (χ0v) is 20.0. The fourth-order valence-electron chi connectivity index (χ4n) is 4.68. The molecule has 3 aromatic carbocycles. The summed E-state index contributed by atoms with van der Waals surface area (Å²) in [5, 5.41) is 0. The van der Waals surface area contributed by atoms with E-state index < -0.39 is 17.9 Å². The van der Waals surface area contributed by atoms with Gasteiger partial charge in [-0.05, 0) is 49.2 Å². The number of methoxy groups -OCH3 is 1. The number of ether oxygens (including phenoxy) is 2. The van der Waals surface area contributed by atoms with E-state index in [9.17, 15) is 9.59 Å². The van der Waals surface area contributed by atoms with Gasteiger partial charge in [0.25, 0.3) is 0 Å². The summed E-state index contributed by atoms with van der Waals surface area (Å²) in [7, 11) is 1.60. The van der Waals surface area contributed by atoms with E-state index in [4.69, 9.17) is 14.5 Å². The van der Waals surface area contributed by atoms with Crippen molar-refractivity contribution in [2.45, 2.75) is 26.4 Å². The number of rotatable bonds is 6. The van der Waals surface area contributed by atoms with Crippen LogP contribution in [-0.2, 0) is 20.9 Å². The number of esters is 1. The lowest BCUT2D eigenvalue weighted by atomic mass is 9.89. The molecule has 7 heteroatoms. The number of carbonyl (C=O) groups is 2. The zero-order chi connectivity index (χ0) is 24.5. The maximum absolute atomic E-state index is 14.0. The van der Waals surface area contributed by atoms with E-state index in [0.717, 1.165) is 27.7 Å². The number of hydrogen-bond donors (Lipinski definition) is 0. The van der Waals surface area contributed by atoms with Gasteiger partial charge in [-0.25, -0.2) is 4.98 Å². The molecular weight excluding hydrogens is 442 g/mol. The van der Waals surface area contributed by atoms with Crippen LogP contribution >= 0.6 is 0 Å². The van der Waals surface area contributed by atoms with Crippen LogP contribution in [0.4, 0.5) is 5.95 Å². The number of anilines is 1. The topological polar surface area (TPSA) is 73.7 Å². The molecule has 0 fully saturated rings. The van der Waals surface area contributed by atoms with Crippen LogP contribution in [0.5, 0.6) is 5.75 Å². The third-order valence-corrected chi connectivity index (χ3v) is 6.40. The summed E-state index contributed by atoms with van der Waals surface area (Å²) in [5.41, 5.74) is 4.49. The van der Waals surface area contributed by atoms with Gasteiger partial charge < -0.3 is 14.0 Å². The minimum absolute atomic E-state index is 0.188. The molecule has 35 heavy (non-hydrogen) atoms. The maximum atomic E-state index is 14.0. The van der Waals surface area contributed by atoms with Crippen LogP contribution in [0, 0.1) is 12.8 Å². The van der Waals surface area contributed by atoms with Crippen molar-refractivity contribution in [3.63, 3.8) is 0 Å². The zero-order valence-electron chi connectivity index (χ0n) is 20.0. The van der Waals surface area contributed by atoms with E-state index in [1.54, 1.807) is 18.9 Å². The van der Waals surface area contributed by atoms with E-state index in [1.807, 2.05) is 84.3 Å². The second-order valence-electron chi connectivity index (χ2n) is 8.63. The van der Waals surface area contributed by atoms with Gasteiger partial charge in [-0.2, -0.15) is 0 Å². The molecule has 5 rings (SSSR count). The van der Waals surface area contributed by atoms with Crippen molar-refractivity contribution in [3.8, 4) is 5.75 Å². The van der Waals surface area contributed by atoms with Crippen LogP contribution in [0.1, 0.15) is 29.7 Å². The van der Waals surface area contributed by atoms with Gasteiger partial charge in [-0.3, -0.25) is 14.5 Å². The minimum atomic E-state index is -1.06. The molecule has 0 N–H and O–H groups in total. The highest BCUT2D eigenvalue weighted by Crippen LogP contribution is 2.42. The van der Waals surface area contributed by atoms with Gasteiger partial charge >= 0.3 is 5.97 Å². The Labute approximate surface area is 203 Å². The fourth-order valence-corrected chi connectivity index (χ4v) is 4.68. The Bertz CT molecular complexity index is 1380. The molecule has 0 aliphatic carbocycles. The van der Waals surface area contributed by atoms with Crippen molar-refractivity contribution in [1.82, 2.24) is 9.55 Å². The normalized spacial score (nSPS) is 17.3. The van der Waals surface area contributed by atoms with E-state index in [2.05, 4.69) is 0 Å². The number of aryl methyl sites for hydroxylation is 1. The molecule has 2 heterocycles. The molecule has 1 amide bonds. The molecule has 7 nitrogen and oxygen atoms in total. The lowest BCUT2D eigenvalue weighted by Gasteiger charge is -2.38. The van der Waals surface area contributed by atoms with Crippen molar-refractivity contribution >= 4 is 28.9 Å². The number of amides is 1. The SMILES string of the molecule is CCOC(=O)[C@H]1C(=O)N(Cc2ccc(C)cc2)c2nc3ccccc3n2[C@@H]1c1ccc(OC)cc1. The fraction of sp³-hybridized carbons (Fsp3) is 0.250. The van der Waals surface area contributed by atoms with Crippen LogP contribution in [0.3, 0.4) is 0 Å². The van der Waals surface area contributed by atoms with Gasteiger partial charge in [0.1, 0.15) is 5.75 Å². The number of hydrogen-bond acceptors (Lipinski definition) is 5. The maximum Gasteiger partial charge on any atom is 0.321 e. The first-order valence-corrected chi connectivity index (χ1v) is 11.7. The first kappa shape index (κ1) is 22.7. The quantitative estimate of drug-likeness (QED) is 0.303. The number of fused-ring (bicyclic) bond motifs is 3. The summed E-state index contributed by atoms with van der Waals surface area (Å²) < 4.78 is 12.7. The predicted octanol–water partition coefficient (Wildman–Crippen LogP) is 4.67. The number of benzene rings is 3. The molecule has 1 aromatic heterocycles. The Morgan fingerprint density at radius 3 is 2.40 bits per heavy atom. The number of aromatic nitrogens is 2. The highest BCUT2D eigenvalue weighted by Gasteiger charge is 2.47. The molecule has 0 saturated heterocycles. The first-order valence-electron chi connectivity index (χ1n) is 11.7. The molecule has 1 aliphatic heterocycles. The average Bonchev–Trinajstić information content (AvgIpc) is 3.26. The van der Waals surface area contributed by atoms with Gasteiger partial charge in [-0.15, -0.1) is 0 Å². The molecule has 0 saturated carbocycles. The number of nitrogens with zero attached hydrogens (tertiary/aromatic N) is 3. The predicted molar refractivity (Wildman–Crippen MR) is 133 cm³/mol. The van der Waals surface area contributed by atoms with E-state index >= 15 is 0 Å². The van der Waals surface area contributed by atoms with Gasteiger partial charge in [0.15, 0.2) is 5.92 Å². The van der Waals surface area contributed by atoms with Crippen molar-refractivity contribution in [1.29, 1.82) is 0 Å². The van der Waals surface area contributed by atoms with Crippen molar-refractivity contribution in [2.24, 2.45) is 5.92 Å². The third-order valence-electron chi connectivity index (χ3n) is 6.40. The molecule has 0 spiro atoms. The smallest absolute Gasteiger partial charge is 0.321 e. The van der Waals surface area contributed by atoms with Crippen LogP contribution in [0.2, 0.25) is 0 Å². The van der Waals surface area contributed by atoms with E-state index in [0.29, 0.717) is 18.2 Å². The summed E-state index contributed by atoms with van der Waals surface area (Å²) in [5.74, 6) is -0.722. The molecule has 4 aromatic rings. The Morgan fingerprint density at radius 2 is 1.71 bits per heavy atom. The summed E-state index contributed by atoms with van der Waals surface area (Å²) in [6, 6.07) is 22.6. The highest BCUT2D eigenvalue weighted by atomic mass is 16.5. The monoisotopic (exact) mass is 469 g/mol. The Morgan fingerprint density at radius 1 is 1.00 bits per heavy atom. The Hall–Kier alpha value is -4.13. The minimum Gasteiger partial charge on any atom is -0.497 e. The molecule has 0 bridgehead atoms. The van der Waals surface area contributed by atoms with Crippen LogP contribution < -0.4 is 9.64 Å². The molecule has 2 atom stereocenters. The van der Waals surface area contributed by atoms with Gasteiger partial charge in [0.2, 0.25) is 11.9 Å². The molecular formula is C28H27N3O4.